The van der Waals surface area contributed by atoms with Crippen molar-refractivity contribution in [3.63, 3.8) is 0 Å². The van der Waals surface area contributed by atoms with Crippen molar-refractivity contribution in [2.75, 3.05) is 0 Å². The van der Waals surface area contributed by atoms with Gasteiger partial charge in [0.1, 0.15) is 0 Å². The van der Waals surface area contributed by atoms with Crippen LogP contribution in [0.5, 0.6) is 0 Å². The molecule has 0 N–H and O–H groups in total. The average Bonchev–Trinajstić information content (AvgIpc) is 3.06. The van der Waals surface area contributed by atoms with Crippen molar-refractivity contribution in [2.45, 2.75) is 77.6 Å². The molecule has 0 spiro atoms. The number of fused-ring (bicyclic) bond motifs is 5. The van der Waals surface area contributed by atoms with Gasteiger partial charge in [0.25, 0.3) is 0 Å². The van der Waals surface area contributed by atoms with Gasteiger partial charge in [0.15, 0.2) is 0 Å². The minimum atomic E-state index is 0.558. The largest absolute Gasteiger partial charge is 0.0848 e. The fraction of sp³-hybridized carbons (Fsp3) is 0.680. The van der Waals surface area contributed by atoms with Crippen molar-refractivity contribution in [1.29, 1.82) is 0 Å². The highest BCUT2D eigenvalue weighted by atomic mass is 14.6. The lowest BCUT2D eigenvalue weighted by Gasteiger charge is -2.58. The van der Waals surface area contributed by atoms with Crippen LogP contribution in [0.15, 0.2) is 42.0 Å². The van der Waals surface area contributed by atoms with E-state index in [0.29, 0.717) is 10.8 Å². The van der Waals surface area contributed by atoms with Crippen LogP contribution in [0.1, 0.15) is 76.7 Å². The fourth-order valence-electron chi connectivity index (χ4n) is 7.86. The van der Waals surface area contributed by atoms with Crippen molar-refractivity contribution >= 4 is 0 Å². The van der Waals surface area contributed by atoms with E-state index in [0.717, 1.165) is 17.8 Å². The van der Waals surface area contributed by atoms with E-state index in [1.807, 2.05) is 5.57 Å². The van der Waals surface area contributed by atoms with Gasteiger partial charge in [0.2, 0.25) is 0 Å². The van der Waals surface area contributed by atoms with Gasteiger partial charge in [0.05, 0.1) is 0 Å². The summed E-state index contributed by atoms with van der Waals surface area (Å²) in [4.78, 5) is 0. The summed E-state index contributed by atoms with van der Waals surface area (Å²) in [6.45, 7) is 2.65. The van der Waals surface area contributed by atoms with E-state index in [-0.39, 0.29) is 0 Å². The Morgan fingerprint density at radius 3 is 2.68 bits per heavy atom. The molecule has 3 fully saturated rings. The van der Waals surface area contributed by atoms with E-state index in [1.54, 1.807) is 5.56 Å². The van der Waals surface area contributed by atoms with E-state index in [1.165, 1.54) is 70.6 Å². The molecule has 0 amide bonds. The van der Waals surface area contributed by atoms with Gasteiger partial charge in [-0.15, -0.1) is 0 Å². The van der Waals surface area contributed by atoms with Gasteiger partial charge in [-0.1, -0.05) is 55.3 Å². The third kappa shape index (κ3) is 2.47. The predicted molar refractivity (Wildman–Crippen MR) is 105 cm³/mol. The maximum atomic E-state index is 2.65. The number of benzene rings is 1. The van der Waals surface area contributed by atoms with Crippen LogP contribution >= 0.6 is 0 Å². The topological polar surface area (TPSA) is 0 Å². The van der Waals surface area contributed by atoms with Crippen molar-refractivity contribution in [1.82, 2.24) is 0 Å². The van der Waals surface area contributed by atoms with Gasteiger partial charge < -0.3 is 0 Å². The highest BCUT2D eigenvalue weighted by Crippen LogP contribution is 2.66. The zero-order valence-electron chi connectivity index (χ0n) is 16.0. The third-order valence-electron chi connectivity index (χ3n) is 8.95. The maximum Gasteiger partial charge on any atom is -0.00853 e. The molecule has 0 saturated heterocycles. The van der Waals surface area contributed by atoms with Gasteiger partial charge in [-0.2, -0.15) is 0 Å². The Morgan fingerprint density at radius 2 is 1.80 bits per heavy atom. The van der Waals surface area contributed by atoms with Crippen LogP contribution in [0.4, 0.5) is 0 Å². The van der Waals surface area contributed by atoms with Crippen LogP contribution in [0.2, 0.25) is 0 Å². The molecule has 0 aromatic heterocycles. The van der Waals surface area contributed by atoms with Crippen molar-refractivity contribution in [2.24, 2.45) is 28.6 Å². The summed E-state index contributed by atoms with van der Waals surface area (Å²) in [7, 11) is 0. The van der Waals surface area contributed by atoms with E-state index in [9.17, 15) is 0 Å². The Morgan fingerprint density at radius 1 is 0.920 bits per heavy atom. The summed E-state index contributed by atoms with van der Waals surface area (Å²) in [5, 5.41) is 0. The summed E-state index contributed by atoms with van der Waals surface area (Å²) in [6.07, 6.45) is 18.6. The molecule has 0 heteroatoms. The maximum absolute atomic E-state index is 2.65. The van der Waals surface area contributed by atoms with Crippen molar-refractivity contribution in [3.8, 4) is 0 Å². The summed E-state index contributed by atoms with van der Waals surface area (Å²) < 4.78 is 0. The molecule has 1 aromatic rings. The molecule has 0 unspecified atom stereocenters. The molecule has 5 rings (SSSR count). The zero-order valence-corrected chi connectivity index (χ0v) is 16.0. The van der Waals surface area contributed by atoms with Crippen molar-refractivity contribution in [3.05, 3.63) is 47.5 Å². The molecule has 0 nitrogen and oxygen atoms in total. The summed E-state index contributed by atoms with van der Waals surface area (Å²) in [5.41, 5.74) is 4.64. The molecule has 25 heavy (non-hydrogen) atoms. The Labute approximate surface area is 154 Å². The molecule has 0 aliphatic heterocycles. The Balaban J connectivity index is 1.45. The number of rotatable bonds is 2. The predicted octanol–water partition coefficient (Wildman–Crippen LogP) is 6.95. The lowest BCUT2D eigenvalue weighted by Crippen LogP contribution is -2.50. The lowest BCUT2D eigenvalue weighted by molar-refractivity contribution is -0.0438. The summed E-state index contributed by atoms with van der Waals surface area (Å²) in [6, 6.07) is 11.4. The monoisotopic (exact) mass is 334 g/mol. The Kier molecular flexibility index (Phi) is 3.88. The second kappa shape index (κ2) is 6.00. The third-order valence-corrected chi connectivity index (χ3v) is 8.95. The van der Waals surface area contributed by atoms with Gasteiger partial charge in [0, 0.05) is 0 Å². The average molecular weight is 335 g/mol. The molecule has 1 aromatic carbocycles. The van der Waals surface area contributed by atoms with Gasteiger partial charge in [-0.25, -0.2) is 0 Å². The normalized spacial score (nSPS) is 42.9. The second-order valence-corrected chi connectivity index (χ2v) is 9.91. The first-order valence-corrected chi connectivity index (χ1v) is 10.9. The number of hydrogen-bond donors (Lipinski definition) is 0. The van der Waals surface area contributed by atoms with Crippen LogP contribution in [0.3, 0.4) is 0 Å². The fourth-order valence-corrected chi connectivity index (χ4v) is 7.86. The van der Waals surface area contributed by atoms with E-state index in [4.69, 9.17) is 0 Å². The SMILES string of the molecule is C[C@]12CCCC=C1CC[C@H]1[C@@H]3CCC[C@@]3(Cc3ccccc3)CC[C@@H]12. The molecule has 5 atom stereocenters. The van der Waals surface area contributed by atoms with Crippen LogP contribution < -0.4 is 0 Å². The molecule has 4 aliphatic carbocycles. The second-order valence-electron chi connectivity index (χ2n) is 9.91. The molecule has 0 heterocycles. The first kappa shape index (κ1) is 16.2. The van der Waals surface area contributed by atoms with Crippen molar-refractivity contribution < 1.29 is 0 Å². The quantitative estimate of drug-likeness (QED) is 0.513. The van der Waals surface area contributed by atoms with E-state index < -0.39 is 0 Å². The summed E-state index contributed by atoms with van der Waals surface area (Å²) in [5.74, 6) is 3.01. The minimum absolute atomic E-state index is 0.558. The molecular weight excluding hydrogens is 300 g/mol. The van der Waals surface area contributed by atoms with Gasteiger partial charge in [-0.05, 0) is 98.4 Å². The first-order valence-electron chi connectivity index (χ1n) is 10.9. The molecule has 134 valence electrons. The number of allylic oxidation sites excluding steroid dienone is 2. The Bertz CT molecular complexity index is 656. The van der Waals surface area contributed by atoms with Crippen LogP contribution in [-0.4, -0.2) is 0 Å². The zero-order chi connectivity index (χ0) is 16.9. The summed E-state index contributed by atoms with van der Waals surface area (Å²) >= 11 is 0. The van der Waals surface area contributed by atoms with E-state index >= 15 is 0 Å². The molecular formula is C25H34. The van der Waals surface area contributed by atoms with Crippen LogP contribution in [0, 0.1) is 28.6 Å². The van der Waals surface area contributed by atoms with Gasteiger partial charge >= 0.3 is 0 Å². The Hall–Kier alpha value is -1.04. The number of hydrogen-bond acceptors (Lipinski definition) is 0. The molecule has 0 radical (unpaired) electrons. The molecule has 4 aliphatic rings. The van der Waals surface area contributed by atoms with Crippen LogP contribution in [-0.2, 0) is 6.42 Å². The highest BCUT2D eigenvalue weighted by Gasteiger charge is 2.57. The van der Waals surface area contributed by atoms with Gasteiger partial charge in [-0.3, -0.25) is 0 Å². The molecule has 3 saturated carbocycles. The smallest absolute Gasteiger partial charge is 0.00853 e. The molecule has 0 bridgehead atoms. The van der Waals surface area contributed by atoms with E-state index in [2.05, 4.69) is 43.3 Å². The van der Waals surface area contributed by atoms with Crippen LogP contribution in [0.25, 0.3) is 0 Å². The standard InChI is InChI=1S/C25H34/c1-24-15-6-5-10-20(24)12-13-21-22(24)14-17-25(16-7-11-23(21)25)18-19-8-3-2-4-9-19/h2-4,8-10,21-23H,5-7,11-18H2,1H3/t21-,22+,23+,24+,25+/m1/s1. The highest BCUT2D eigenvalue weighted by molar-refractivity contribution is 5.25. The minimum Gasteiger partial charge on any atom is -0.0848 e. The lowest BCUT2D eigenvalue weighted by atomic mass is 9.47. The first-order chi connectivity index (χ1) is 12.2.